The van der Waals surface area contributed by atoms with Crippen LogP contribution >= 0.6 is 0 Å². The van der Waals surface area contributed by atoms with E-state index >= 15 is 0 Å². The summed E-state index contributed by atoms with van der Waals surface area (Å²) in [6, 6.07) is 4.99. The van der Waals surface area contributed by atoms with Crippen LogP contribution in [0.2, 0.25) is 0 Å². The molecular weight excluding hydrogens is 255 g/mol. The van der Waals surface area contributed by atoms with E-state index in [1.807, 2.05) is 33.8 Å². The van der Waals surface area contributed by atoms with Gasteiger partial charge in [-0.1, -0.05) is 12.1 Å². The lowest BCUT2D eigenvalue weighted by Crippen LogP contribution is -2.08. The minimum Gasteiger partial charge on any atom is -0.370 e. The molecule has 2 N–H and O–H groups in total. The van der Waals surface area contributed by atoms with Crippen LogP contribution in [0.15, 0.2) is 18.2 Å². The summed E-state index contributed by atoms with van der Waals surface area (Å²) >= 11 is 0. The van der Waals surface area contributed by atoms with Gasteiger partial charge in [0.2, 0.25) is 0 Å². The van der Waals surface area contributed by atoms with E-state index in [1.165, 1.54) is 6.07 Å². The van der Waals surface area contributed by atoms with Gasteiger partial charge in [0.15, 0.2) is 0 Å². The highest BCUT2D eigenvalue weighted by atomic mass is 19.1. The fourth-order valence-electron chi connectivity index (χ4n) is 2.00. The maximum atomic E-state index is 13.9. The van der Waals surface area contributed by atoms with Crippen molar-refractivity contribution in [2.75, 3.05) is 17.2 Å². The number of hydrogen-bond acceptors (Lipinski definition) is 4. The van der Waals surface area contributed by atoms with Crippen LogP contribution in [0.4, 0.5) is 21.7 Å². The Morgan fingerprint density at radius 3 is 2.45 bits per heavy atom. The summed E-state index contributed by atoms with van der Waals surface area (Å²) in [6.07, 6.45) is 0. The van der Waals surface area contributed by atoms with Gasteiger partial charge in [-0.05, 0) is 39.3 Å². The molecule has 0 atom stereocenters. The van der Waals surface area contributed by atoms with Crippen LogP contribution in [-0.4, -0.2) is 16.5 Å². The molecule has 0 fully saturated rings. The smallest absolute Gasteiger partial charge is 0.146 e. The van der Waals surface area contributed by atoms with Crippen LogP contribution in [0.25, 0.3) is 0 Å². The van der Waals surface area contributed by atoms with E-state index in [2.05, 4.69) is 20.6 Å². The second-order valence-corrected chi connectivity index (χ2v) is 4.68. The molecule has 0 radical (unpaired) electrons. The third-order valence-electron chi connectivity index (χ3n) is 3.07. The molecule has 0 amide bonds. The summed E-state index contributed by atoms with van der Waals surface area (Å²) in [7, 11) is 0. The molecule has 0 spiro atoms. The van der Waals surface area contributed by atoms with E-state index < -0.39 is 0 Å². The molecule has 1 aromatic carbocycles. The molecule has 20 heavy (non-hydrogen) atoms. The van der Waals surface area contributed by atoms with Crippen LogP contribution in [0.5, 0.6) is 0 Å². The van der Waals surface area contributed by atoms with Crippen LogP contribution in [0.3, 0.4) is 0 Å². The van der Waals surface area contributed by atoms with Crippen molar-refractivity contribution in [3.8, 4) is 0 Å². The number of nitrogens with zero attached hydrogens (tertiary/aromatic N) is 2. The van der Waals surface area contributed by atoms with E-state index in [1.54, 1.807) is 6.07 Å². The summed E-state index contributed by atoms with van der Waals surface area (Å²) in [5.74, 6) is 1.76. The standard InChI is InChI=1S/C15H19FN4/c1-5-17-14-10(3)15(19-11(4)18-14)20-13-9(2)7-6-8-12(13)16/h6-8H,5H2,1-4H3,(H2,17,18,19,20). The molecule has 0 saturated heterocycles. The summed E-state index contributed by atoms with van der Waals surface area (Å²) in [6.45, 7) is 8.37. The van der Waals surface area contributed by atoms with Crippen LogP contribution < -0.4 is 10.6 Å². The van der Waals surface area contributed by atoms with Crippen molar-refractivity contribution in [2.45, 2.75) is 27.7 Å². The number of benzene rings is 1. The topological polar surface area (TPSA) is 49.8 Å². The molecule has 1 heterocycles. The molecule has 0 bridgehead atoms. The quantitative estimate of drug-likeness (QED) is 0.892. The summed E-state index contributed by atoms with van der Waals surface area (Å²) in [4.78, 5) is 8.72. The van der Waals surface area contributed by atoms with Gasteiger partial charge in [0.05, 0.1) is 5.69 Å². The molecule has 106 valence electrons. The third-order valence-corrected chi connectivity index (χ3v) is 3.07. The van der Waals surface area contributed by atoms with Crippen molar-refractivity contribution in [3.05, 3.63) is 41.0 Å². The number of halogens is 1. The summed E-state index contributed by atoms with van der Waals surface area (Å²) in [5.41, 5.74) is 2.17. The Bertz CT molecular complexity index is 605. The number of nitrogens with one attached hydrogen (secondary N) is 2. The van der Waals surface area contributed by atoms with E-state index in [0.29, 0.717) is 17.3 Å². The van der Waals surface area contributed by atoms with Crippen LogP contribution in [0.1, 0.15) is 23.9 Å². The number of anilines is 3. The molecule has 0 aliphatic rings. The number of rotatable bonds is 4. The Labute approximate surface area is 118 Å². The van der Waals surface area contributed by atoms with Gasteiger partial charge < -0.3 is 10.6 Å². The Morgan fingerprint density at radius 1 is 1.10 bits per heavy atom. The highest BCUT2D eigenvalue weighted by molar-refractivity contribution is 5.67. The molecule has 0 aliphatic carbocycles. The first-order valence-electron chi connectivity index (χ1n) is 6.64. The van der Waals surface area contributed by atoms with E-state index in [4.69, 9.17) is 0 Å². The summed E-state index contributed by atoms with van der Waals surface area (Å²) in [5, 5.41) is 6.27. The molecule has 5 heteroatoms. The van der Waals surface area contributed by atoms with E-state index in [0.717, 1.165) is 23.5 Å². The molecule has 1 aromatic heterocycles. The Hall–Kier alpha value is -2.17. The van der Waals surface area contributed by atoms with Crippen molar-refractivity contribution in [1.82, 2.24) is 9.97 Å². The molecule has 2 rings (SSSR count). The first-order chi connectivity index (χ1) is 9.52. The second kappa shape index (κ2) is 5.86. The minimum atomic E-state index is -0.286. The zero-order chi connectivity index (χ0) is 14.7. The molecule has 0 saturated carbocycles. The minimum absolute atomic E-state index is 0.286. The van der Waals surface area contributed by atoms with Gasteiger partial charge >= 0.3 is 0 Å². The zero-order valence-corrected chi connectivity index (χ0v) is 12.2. The van der Waals surface area contributed by atoms with Crippen LogP contribution in [0, 0.1) is 26.6 Å². The van der Waals surface area contributed by atoms with Gasteiger partial charge in [-0.2, -0.15) is 0 Å². The van der Waals surface area contributed by atoms with Gasteiger partial charge in [0.25, 0.3) is 0 Å². The number of aryl methyl sites for hydroxylation is 2. The van der Waals surface area contributed by atoms with Gasteiger partial charge in [-0.3, -0.25) is 0 Å². The fourth-order valence-corrected chi connectivity index (χ4v) is 2.00. The molecule has 4 nitrogen and oxygen atoms in total. The molecular formula is C15H19FN4. The summed E-state index contributed by atoms with van der Waals surface area (Å²) < 4.78 is 13.9. The zero-order valence-electron chi connectivity index (χ0n) is 12.2. The lowest BCUT2D eigenvalue weighted by atomic mass is 10.2. The largest absolute Gasteiger partial charge is 0.370 e. The maximum Gasteiger partial charge on any atom is 0.146 e. The first-order valence-corrected chi connectivity index (χ1v) is 6.64. The Balaban J connectivity index is 2.43. The van der Waals surface area contributed by atoms with E-state index in [9.17, 15) is 4.39 Å². The third kappa shape index (κ3) is 2.87. The van der Waals surface area contributed by atoms with Crippen molar-refractivity contribution in [2.24, 2.45) is 0 Å². The average Bonchev–Trinajstić information content (AvgIpc) is 2.39. The number of hydrogen-bond donors (Lipinski definition) is 2. The van der Waals surface area contributed by atoms with Gasteiger partial charge in [0, 0.05) is 12.1 Å². The lowest BCUT2D eigenvalue weighted by Gasteiger charge is -2.15. The molecule has 0 aliphatic heterocycles. The van der Waals surface area contributed by atoms with Crippen molar-refractivity contribution >= 4 is 17.3 Å². The monoisotopic (exact) mass is 274 g/mol. The predicted octanol–water partition coefficient (Wildman–Crippen LogP) is 3.72. The lowest BCUT2D eigenvalue weighted by molar-refractivity contribution is 0.630. The number of para-hydroxylation sites is 1. The Kier molecular flexibility index (Phi) is 4.17. The highest BCUT2D eigenvalue weighted by Crippen LogP contribution is 2.27. The predicted molar refractivity (Wildman–Crippen MR) is 80.1 cm³/mol. The fraction of sp³-hybridized carbons (Fsp3) is 0.333. The van der Waals surface area contributed by atoms with E-state index in [-0.39, 0.29) is 5.82 Å². The number of aromatic nitrogens is 2. The van der Waals surface area contributed by atoms with Crippen LogP contribution in [-0.2, 0) is 0 Å². The molecule has 2 aromatic rings. The SMILES string of the molecule is CCNc1nc(C)nc(Nc2c(C)cccc2F)c1C. The Morgan fingerprint density at radius 2 is 1.80 bits per heavy atom. The van der Waals surface area contributed by atoms with Crippen molar-refractivity contribution < 1.29 is 4.39 Å². The van der Waals surface area contributed by atoms with Crippen molar-refractivity contribution in [1.29, 1.82) is 0 Å². The van der Waals surface area contributed by atoms with Gasteiger partial charge in [-0.25, -0.2) is 14.4 Å². The molecule has 0 unspecified atom stereocenters. The average molecular weight is 274 g/mol. The van der Waals surface area contributed by atoms with Gasteiger partial charge in [-0.15, -0.1) is 0 Å². The first kappa shape index (κ1) is 14.2. The van der Waals surface area contributed by atoms with Gasteiger partial charge in [0.1, 0.15) is 23.3 Å². The highest BCUT2D eigenvalue weighted by Gasteiger charge is 2.12. The van der Waals surface area contributed by atoms with Crippen molar-refractivity contribution in [3.63, 3.8) is 0 Å². The normalized spacial score (nSPS) is 10.4. The second-order valence-electron chi connectivity index (χ2n) is 4.68. The maximum absolute atomic E-state index is 13.9.